The van der Waals surface area contributed by atoms with Crippen LogP contribution in [0.2, 0.25) is 0 Å². The monoisotopic (exact) mass is 956 g/mol. The van der Waals surface area contributed by atoms with Crippen molar-refractivity contribution in [2.45, 2.75) is 281 Å². The number of rotatable bonds is 47. The Morgan fingerprint density at radius 1 is 0.515 bits per heavy atom. The van der Waals surface area contributed by atoms with Crippen molar-refractivity contribution in [3.63, 3.8) is 0 Å². The third kappa shape index (κ3) is 37.5. The number of amides is 1. The van der Waals surface area contributed by atoms with Gasteiger partial charge in [-0.25, -0.2) is 0 Å². The molecule has 7 atom stereocenters. The number of carbonyl (C=O) groups excluding carboxylic acids is 1. The molecule has 1 aliphatic heterocycles. The maximum absolute atomic E-state index is 13.0. The van der Waals surface area contributed by atoms with Gasteiger partial charge in [0.1, 0.15) is 24.4 Å². The number of allylic oxidation sites excluding steroid dienone is 12. The van der Waals surface area contributed by atoms with Crippen molar-refractivity contribution in [2.75, 3.05) is 13.2 Å². The van der Waals surface area contributed by atoms with E-state index in [1.165, 1.54) is 135 Å². The smallest absolute Gasteiger partial charge is 0.220 e. The Hall–Kier alpha value is -2.37. The summed E-state index contributed by atoms with van der Waals surface area (Å²) in [5.74, 6) is -0.147. The third-order valence-corrected chi connectivity index (χ3v) is 13.1. The van der Waals surface area contributed by atoms with Gasteiger partial charge in [0.25, 0.3) is 0 Å². The number of carbonyl (C=O) groups is 1. The highest BCUT2D eigenvalue weighted by Crippen LogP contribution is 2.23. The van der Waals surface area contributed by atoms with E-state index >= 15 is 0 Å². The van der Waals surface area contributed by atoms with Crippen molar-refractivity contribution >= 4 is 5.91 Å². The molecule has 1 saturated heterocycles. The van der Waals surface area contributed by atoms with Crippen LogP contribution in [-0.2, 0) is 14.3 Å². The molecule has 0 spiro atoms. The van der Waals surface area contributed by atoms with Crippen molar-refractivity contribution in [3.8, 4) is 0 Å². The first kappa shape index (κ1) is 63.6. The summed E-state index contributed by atoms with van der Waals surface area (Å²) in [6, 6.07) is -0.717. The van der Waals surface area contributed by atoms with Gasteiger partial charge in [-0.1, -0.05) is 241 Å². The fourth-order valence-electron chi connectivity index (χ4n) is 8.64. The first-order valence-corrected chi connectivity index (χ1v) is 28.1. The standard InChI is InChI=1S/C59H105NO8/c1-3-5-7-9-11-13-14-15-16-17-18-19-20-21-22-23-24-25-26-27-28-29-30-31-32-33-34-35-36-37-38-39-40-41-43-45-47-49-55(63)60-52(53(62)48-46-44-42-12-10-8-6-4-2)51-67-59-58(66)57(65)56(64)54(50-61)68-59/h5,7,11,13,15-16,18-19,21-22,24-25,52-54,56-59,61-62,64-66H,3-4,6,8-10,12,14,17,20,23,26-51H2,1-2H3,(H,60,63)/b7-5-,13-11-,16-15-,19-18-,22-21-,25-24-. The summed E-state index contributed by atoms with van der Waals surface area (Å²) < 4.78 is 11.2. The molecule has 9 heteroatoms. The van der Waals surface area contributed by atoms with Crippen molar-refractivity contribution < 1.29 is 39.8 Å². The molecule has 0 aromatic carbocycles. The minimum absolute atomic E-state index is 0.139. The van der Waals surface area contributed by atoms with E-state index in [9.17, 15) is 30.3 Å². The van der Waals surface area contributed by atoms with Gasteiger partial charge in [0.05, 0.1) is 25.4 Å². The minimum Gasteiger partial charge on any atom is -0.394 e. The Balaban J connectivity index is 2.03. The predicted octanol–water partition coefficient (Wildman–Crippen LogP) is 13.7. The van der Waals surface area contributed by atoms with Gasteiger partial charge in [-0.3, -0.25) is 4.79 Å². The van der Waals surface area contributed by atoms with Crippen LogP contribution < -0.4 is 5.32 Å². The first-order chi connectivity index (χ1) is 33.3. The van der Waals surface area contributed by atoms with Crippen LogP contribution in [0.5, 0.6) is 0 Å². The Morgan fingerprint density at radius 2 is 0.912 bits per heavy atom. The lowest BCUT2D eigenvalue weighted by atomic mass is 9.99. The summed E-state index contributed by atoms with van der Waals surface area (Å²) in [7, 11) is 0. The summed E-state index contributed by atoms with van der Waals surface area (Å²) in [5, 5.41) is 54.3. The quantitative estimate of drug-likeness (QED) is 0.0261. The molecule has 394 valence electrons. The summed E-state index contributed by atoms with van der Waals surface area (Å²) in [6.07, 6.45) is 59.7. The molecule has 1 rings (SSSR count). The largest absolute Gasteiger partial charge is 0.394 e. The second kappa shape index (κ2) is 48.3. The van der Waals surface area contributed by atoms with E-state index in [1.807, 2.05) is 0 Å². The van der Waals surface area contributed by atoms with E-state index in [1.54, 1.807) is 0 Å². The van der Waals surface area contributed by atoms with E-state index < -0.39 is 49.5 Å². The number of aliphatic hydroxyl groups excluding tert-OH is 5. The molecule has 1 amide bonds. The van der Waals surface area contributed by atoms with Crippen molar-refractivity contribution in [2.24, 2.45) is 0 Å². The van der Waals surface area contributed by atoms with Crippen LogP contribution in [0.4, 0.5) is 0 Å². The number of ether oxygens (including phenoxy) is 2. The zero-order chi connectivity index (χ0) is 49.4. The van der Waals surface area contributed by atoms with E-state index in [4.69, 9.17) is 9.47 Å². The minimum atomic E-state index is -1.55. The number of nitrogens with one attached hydrogen (secondary N) is 1. The fraction of sp³-hybridized carbons (Fsp3) is 0.780. The molecule has 0 bridgehead atoms. The predicted molar refractivity (Wildman–Crippen MR) is 285 cm³/mol. The average molecular weight is 956 g/mol. The Kier molecular flexibility index (Phi) is 45.2. The van der Waals surface area contributed by atoms with Gasteiger partial charge < -0.3 is 40.3 Å². The Morgan fingerprint density at radius 3 is 1.35 bits per heavy atom. The van der Waals surface area contributed by atoms with Gasteiger partial charge >= 0.3 is 0 Å². The van der Waals surface area contributed by atoms with Crippen molar-refractivity contribution in [1.29, 1.82) is 0 Å². The molecule has 0 saturated carbocycles. The van der Waals surface area contributed by atoms with Gasteiger partial charge in [0.2, 0.25) is 5.91 Å². The zero-order valence-electron chi connectivity index (χ0n) is 43.6. The Bertz CT molecular complexity index is 1290. The molecule has 0 aromatic heterocycles. The highest BCUT2D eigenvalue weighted by Gasteiger charge is 2.44. The third-order valence-electron chi connectivity index (χ3n) is 13.1. The van der Waals surface area contributed by atoms with Crippen LogP contribution >= 0.6 is 0 Å². The highest BCUT2D eigenvalue weighted by atomic mass is 16.7. The molecule has 68 heavy (non-hydrogen) atoms. The molecule has 0 aliphatic carbocycles. The summed E-state index contributed by atoms with van der Waals surface area (Å²) >= 11 is 0. The molecular weight excluding hydrogens is 851 g/mol. The Labute approximate surface area is 417 Å². The highest BCUT2D eigenvalue weighted by molar-refractivity contribution is 5.76. The summed E-state index contributed by atoms with van der Waals surface area (Å²) in [4.78, 5) is 13.0. The van der Waals surface area contributed by atoms with Crippen LogP contribution in [0.3, 0.4) is 0 Å². The van der Waals surface area contributed by atoms with Crippen LogP contribution in [-0.4, -0.2) is 87.5 Å². The zero-order valence-corrected chi connectivity index (χ0v) is 43.6. The van der Waals surface area contributed by atoms with Gasteiger partial charge in [0, 0.05) is 6.42 Å². The maximum Gasteiger partial charge on any atom is 0.220 e. The molecular formula is C59H105NO8. The lowest BCUT2D eigenvalue weighted by Crippen LogP contribution is -2.60. The van der Waals surface area contributed by atoms with Crippen molar-refractivity contribution in [1.82, 2.24) is 5.32 Å². The van der Waals surface area contributed by atoms with E-state index in [0.717, 1.165) is 77.0 Å². The van der Waals surface area contributed by atoms with Gasteiger partial charge in [-0.15, -0.1) is 0 Å². The first-order valence-electron chi connectivity index (χ1n) is 28.1. The van der Waals surface area contributed by atoms with Crippen LogP contribution in [0.25, 0.3) is 0 Å². The van der Waals surface area contributed by atoms with Crippen molar-refractivity contribution in [3.05, 3.63) is 72.9 Å². The number of aliphatic hydroxyl groups is 5. The van der Waals surface area contributed by atoms with E-state index in [2.05, 4.69) is 92.1 Å². The lowest BCUT2D eigenvalue weighted by Gasteiger charge is -2.40. The number of unbranched alkanes of at least 4 members (excludes halogenated alkanes) is 25. The summed E-state index contributed by atoms with van der Waals surface area (Å²) in [6.45, 7) is 3.68. The van der Waals surface area contributed by atoms with Gasteiger partial charge in [-0.05, 0) is 64.2 Å². The van der Waals surface area contributed by atoms with E-state index in [0.29, 0.717) is 12.8 Å². The van der Waals surface area contributed by atoms with E-state index in [-0.39, 0.29) is 12.5 Å². The molecule has 1 heterocycles. The fourth-order valence-corrected chi connectivity index (χ4v) is 8.64. The van der Waals surface area contributed by atoms with Crippen LogP contribution in [0, 0.1) is 0 Å². The van der Waals surface area contributed by atoms with Gasteiger partial charge in [0.15, 0.2) is 6.29 Å². The second-order valence-electron chi connectivity index (χ2n) is 19.4. The SMILES string of the molecule is CC/C=C\C/C=C\C/C=C\C/C=C\C/C=C\C/C=C\CCCCCCCCCCCCCCCCCCCCC(=O)NC(COC1OC(CO)C(O)C(O)C1O)C(O)CCCCCCCCCC. The summed E-state index contributed by atoms with van der Waals surface area (Å²) in [5.41, 5.74) is 0. The number of hydrogen-bond acceptors (Lipinski definition) is 8. The maximum atomic E-state index is 13.0. The molecule has 1 aliphatic rings. The molecule has 0 radical (unpaired) electrons. The second-order valence-corrected chi connectivity index (χ2v) is 19.4. The normalized spacial score (nSPS) is 20.1. The molecule has 1 fully saturated rings. The molecule has 9 nitrogen and oxygen atoms in total. The number of hydrogen-bond donors (Lipinski definition) is 6. The molecule has 0 aromatic rings. The molecule has 7 unspecified atom stereocenters. The topological polar surface area (TPSA) is 149 Å². The van der Waals surface area contributed by atoms with Gasteiger partial charge in [-0.2, -0.15) is 0 Å². The average Bonchev–Trinajstić information content (AvgIpc) is 3.34. The van der Waals surface area contributed by atoms with Crippen LogP contribution in [0.15, 0.2) is 72.9 Å². The van der Waals surface area contributed by atoms with Crippen LogP contribution in [0.1, 0.15) is 239 Å². The lowest BCUT2D eigenvalue weighted by molar-refractivity contribution is -0.302. The molecule has 6 N–H and O–H groups in total.